The van der Waals surface area contributed by atoms with E-state index in [2.05, 4.69) is 5.32 Å². The van der Waals surface area contributed by atoms with E-state index in [4.69, 9.17) is 9.47 Å². The first-order valence-corrected chi connectivity index (χ1v) is 7.56. The molecule has 0 aliphatic heterocycles. The summed E-state index contributed by atoms with van der Waals surface area (Å²) in [7, 11) is 3.43. The Morgan fingerprint density at radius 1 is 0.958 bits per heavy atom. The summed E-state index contributed by atoms with van der Waals surface area (Å²) in [6, 6.07) is 12.2. The van der Waals surface area contributed by atoms with Crippen LogP contribution >= 0.6 is 0 Å². The molecule has 0 radical (unpaired) electrons. The van der Waals surface area contributed by atoms with Gasteiger partial charge in [-0.15, -0.1) is 0 Å². The molecule has 0 aliphatic rings. The summed E-state index contributed by atoms with van der Waals surface area (Å²) < 4.78 is 48.9. The van der Waals surface area contributed by atoms with Crippen molar-refractivity contribution >= 4 is 0 Å². The van der Waals surface area contributed by atoms with Gasteiger partial charge < -0.3 is 14.8 Å². The second-order valence-electron chi connectivity index (χ2n) is 5.29. The lowest BCUT2D eigenvalue weighted by atomic mass is 10.1. The molecule has 0 fully saturated rings. The number of hydrogen-bond acceptors (Lipinski definition) is 3. The Balaban J connectivity index is 2.15. The van der Waals surface area contributed by atoms with Crippen LogP contribution < -0.4 is 14.8 Å². The zero-order valence-electron chi connectivity index (χ0n) is 13.6. The van der Waals surface area contributed by atoms with E-state index in [1.165, 1.54) is 12.1 Å². The summed E-state index contributed by atoms with van der Waals surface area (Å²) in [5.74, 6) is 1.14. The van der Waals surface area contributed by atoms with E-state index in [9.17, 15) is 13.2 Å². The molecule has 1 N–H and O–H groups in total. The van der Waals surface area contributed by atoms with Crippen molar-refractivity contribution in [3.63, 3.8) is 0 Å². The van der Waals surface area contributed by atoms with Gasteiger partial charge in [-0.1, -0.05) is 12.1 Å². The fourth-order valence-electron chi connectivity index (χ4n) is 2.27. The first-order valence-electron chi connectivity index (χ1n) is 7.56. The first-order chi connectivity index (χ1) is 11.4. The lowest BCUT2D eigenvalue weighted by molar-refractivity contribution is -0.137. The van der Waals surface area contributed by atoms with Crippen LogP contribution in [-0.2, 0) is 6.18 Å². The fraction of sp³-hybridized carbons (Fsp3) is 0.333. The lowest BCUT2D eigenvalue weighted by Crippen LogP contribution is -2.16. The van der Waals surface area contributed by atoms with Crippen molar-refractivity contribution in [2.24, 2.45) is 0 Å². The quantitative estimate of drug-likeness (QED) is 0.809. The number of methoxy groups -OCH3 is 1. The molecule has 0 amide bonds. The van der Waals surface area contributed by atoms with Crippen molar-refractivity contribution in [2.45, 2.75) is 18.7 Å². The van der Waals surface area contributed by atoms with E-state index >= 15 is 0 Å². The molecule has 2 rings (SSSR count). The number of rotatable bonds is 7. The minimum atomic E-state index is -4.35. The predicted octanol–water partition coefficient (Wildman–Crippen LogP) is 4.44. The summed E-state index contributed by atoms with van der Waals surface area (Å²) in [6.45, 7) is 0.720. The van der Waals surface area contributed by atoms with Crippen LogP contribution in [0.4, 0.5) is 13.2 Å². The highest BCUT2D eigenvalue weighted by Gasteiger charge is 2.30. The summed E-state index contributed by atoms with van der Waals surface area (Å²) in [5, 5.41) is 3.05. The van der Waals surface area contributed by atoms with E-state index in [1.807, 2.05) is 31.3 Å². The van der Waals surface area contributed by atoms with E-state index < -0.39 is 11.7 Å². The van der Waals surface area contributed by atoms with Crippen molar-refractivity contribution in [2.75, 3.05) is 20.7 Å². The van der Waals surface area contributed by atoms with Crippen molar-refractivity contribution in [1.29, 1.82) is 0 Å². The van der Waals surface area contributed by atoms with Gasteiger partial charge >= 0.3 is 6.18 Å². The van der Waals surface area contributed by atoms with Gasteiger partial charge in [0.2, 0.25) is 0 Å². The molecular weight excluding hydrogens is 319 g/mol. The molecular formula is C18H20F3NO2. The number of nitrogens with one attached hydrogen (secondary N) is 1. The standard InChI is InChI=1S/C18H20F3NO2/c1-22-12-11-17(13-3-7-15(23-2)8-4-13)24-16-9-5-14(6-10-16)18(19,20)21/h3-10,17,22H,11-12H2,1-2H3. The van der Waals surface area contributed by atoms with Crippen LogP contribution in [0.1, 0.15) is 23.7 Å². The first kappa shape index (κ1) is 18.1. The van der Waals surface area contributed by atoms with Gasteiger partial charge in [0, 0.05) is 6.42 Å². The zero-order valence-corrected chi connectivity index (χ0v) is 13.6. The third-order valence-corrected chi connectivity index (χ3v) is 3.60. The SMILES string of the molecule is CNCCC(Oc1ccc(C(F)(F)F)cc1)c1ccc(OC)cc1. The Labute approximate surface area is 139 Å². The highest BCUT2D eigenvalue weighted by molar-refractivity contribution is 5.32. The minimum Gasteiger partial charge on any atom is -0.497 e. The van der Waals surface area contributed by atoms with Crippen LogP contribution in [0.15, 0.2) is 48.5 Å². The number of hydrogen-bond donors (Lipinski definition) is 1. The van der Waals surface area contributed by atoms with Crippen molar-refractivity contribution in [3.05, 3.63) is 59.7 Å². The van der Waals surface area contributed by atoms with Crippen LogP contribution in [0.5, 0.6) is 11.5 Å². The zero-order chi connectivity index (χ0) is 17.6. The maximum absolute atomic E-state index is 12.6. The molecule has 24 heavy (non-hydrogen) atoms. The Kier molecular flexibility index (Phi) is 6.09. The Morgan fingerprint density at radius 2 is 1.54 bits per heavy atom. The van der Waals surface area contributed by atoms with E-state index in [0.717, 1.165) is 30.0 Å². The molecule has 0 spiro atoms. The average molecular weight is 339 g/mol. The summed E-state index contributed by atoms with van der Waals surface area (Å²) >= 11 is 0. The van der Waals surface area contributed by atoms with Gasteiger partial charge in [0.05, 0.1) is 12.7 Å². The molecule has 130 valence electrons. The third kappa shape index (κ3) is 4.89. The van der Waals surface area contributed by atoms with Gasteiger partial charge in [0.25, 0.3) is 0 Å². The molecule has 0 saturated heterocycles. The monoisotopic (exact) mass is 339 g/mol. The molecule has 1 unspecified atom stereocenters. The Hall–Kier alpha value is -2.21. The maximum atomic E-state index is 12.6. The Bertz CT molecular complexity index is 624. The highest BCUT2D eigenvalue weighted by Crippen LogP contribution is 2.32. The molecule has 0 aromatic heterocycles. The fourth-order valence-corrected chi connectivity index (χ4v) is 2.27. The van der Waals surface area contributed by atoms with Crippen LogP contribution in [0.3, 0.4) is 0 Å². The van der Waals surface area contributed by atoms with Gasteiger partial charge in [-0.3, -0.25) is 0 Å². The van der Waals surface area contributed by atoms with Crippen LogP contribution in [0.2, 0.25) is 0 Å². The van der Waals surface area contributed by atoms with Crippen LogP contribution in [0.25, 0.3) is 0 Å². The van der Waals surface area contributed by atoms with Crippen LogP contribution in [-0.4, -0.2) is 20.7 Å². The molecule has 2 aromatic carbocycles. The van der Waals surface area contributed by atoms with Crippen molar-refractivity contribution < 1.29 is 22.6 Å². The van der Waals surface area contributed by atoms with Crippen molar-refractivity contribution in [1.82, 2.24) is 5.32 Å². The molecule has 0 heterocycles. The smallest absolute Gasteiger partial charge is 0.416 e. The van der Waals surface area contributed by atoms with Gasteiger partial charge in [0.15, 0.2) is 0 Å². The second-order valence-corrected chi connectivity index (χ2v) is 5.29. The predicted molar refractivity (Wildman–Crippen MR) is 86.4 cm³/mol. The van der Waals surface area contributed by atoms with Gasteiger partial charge in [-0.25, -0.2) is 0 Å². The molecule has 2 aromatic rings. The third-order valence-electron chi connectivity index (χ3n) is 3.60. The molecule has 1 atom stereocenters. The summed E-state index contributed by atoms with van der Waals surface area (Å²) in [5.41, 5.74) is 0.247. The number of ether oxygens (including phenoxy) is 2. The normalized spacial score (nSPS) is 12.7. The van der Waals surface area contributed by atoms with Crippen LogP contribution in [0, 0.1) is 0 Å². The van der Waals surface area contributed by atoms with Gasteiger partial charge in [-0.2, -0.15) is 13.2 Å². The van der Waals surface area contributed by atoms with Crippen molar-refractivity contribution in [3.8, 4) is 11.5 Å². The van der Waals surface area contributed by atoms with E-state index in [1.54, 1.807) is 7.11 Å². The van der Waals surface area contributed by atoms with E-state index in [0.29, 0.717) is 12.2 Å². The Morgan fingerprint density at radius 3 is 2.04 bits per heavy atom. The molecule has 3 nitrogen and oxygen atoms in total. The summed E-state index contributed by atoms with van der Waals surface area (Å²) in [6.07, 6.45) is -3.93. The number of halogens is 3. The van der Waals surface area contributed by atoms with Gasteiger partial charge in [0.1, 0.15) is 17.6 Å². The second kappa shape index (κ2) is 8.06. The maximum Gasteiger partial charge on any atom is 0.416 e. The van der Waals surface area contributed by atoms with Gasteiger partial charge in [-0.05, 0) is 55.6 Å². The highest BCUT2D eigenvalue weighted by atomic mass is 19.4. The largest absolute Gasteiger partial charge is 0.497 e. The lowest BCUT2D eigenvalue weighted by Gasteiger charge is -2.20. The number of alkyl halides is 3. The molecule has 0 bridgehead atoms. The van der Waals surface area contributed by atoms with E-state index in [-0.39, 0.29) is 6.10 Å². The molecule has 0 saturated carbocycles. The summed E-state index contributed by atoms with van der Waals surface area (Å²) in [4.78, 5) is 0. The number of benzene rings is 2. The topological polar surface area (TPSA) is 30.5 Å². The molecule has 0 aliphatic carbocycles. The molecule has 6 heteroatoms. The average Bonchev–Trinajstić information content (AvgIpc) is 2.58. The minimum absolute atomic E-state index is 0.264.